The lowest BCUT2D eigenvalue weighted by Gasteiger charge is -2.11. The number of benzene rings is 2. The molecule has 0 saturated heterocycles. The van der Waals surface area contributed by atoms with Crippen LogP contribution in [0.1, 0.15) is 18.7 Å². The molecule has 3 aromatic rings. The molecule has 6 heteroatoms. The summed E-state index contributed by atoms with van der Waals surface area (Å²) in [6, 6.07) is 15.1. The zero-order valence-corrected chi connectivity index (χ0v) is 12.7. The molecule has 1 fully saturated rings. The molecule has 4 rings (SSSR count). The summed E-state index contributed by atoms with van der Waals surface area (Å²) in [4.78, 5) is 12.6. The van der Waals surface area contributed by atoms with E-state index in [2.05, 4.69) is 15.5 Å². The van der Waals surface area contributed by atoms with Gasteiger partial charge in [0.2, 0.25) is 17.7 Å². The van der Waals surface area contributed by atoms with Gasteiger partial charge >= 0.3 is 0 Å². The molecule has 1 saturated carbocycles. The Morgan fingerprint density at radius 1 is 1.04 bits per heavy atom. The van der Waals surface area contributed by atoms with Gasteiger partial charge in [0.05, 0.1) is 0 Å². The average molecular weight is 323 g/mol. The van der Waals surface area contributed by atoms with E-state index in [9.17, 15) is 9.18 Å². The molecule has 1 aliphatic carbocycles. The van der Waals surface area contributed by atoms with Crippen LogP contribution in [-0.4, -0.2) is 16.1 Å². The molecule has 0 bridgehead atoms. The number of hydrogen-bond acceptors (Lipinski definition) is 4. The van der Waals surface area contributed by atoms with E-state index < -0.39 is 5.41 Å². The Labute approximate surface area is 137 Å². The van der Waals surface area contributed by atoms with Gasteiger partial charge < -0.3 is 9.73 Å². The largest absolute Gasteiger partial charge is 0.420 e. The fraction of sp³-hybridized carbons (Fsp3) is 0.167. The van der Waals surface area contributed by atoms with Crippen LogP contribution in [0, 0.1) is 5.82 Å². The lowest BCUT2D eigenvalue weighted by atomic mass is 10.1. The van der Waals surface area contributed by atoms with E-state index in [-0.39, 0.29) is 11.7 Å². The van der Waals surface area contributed by atoms with Crippen LogP contribution in [0.2, 0.25) is 0 Å². The molecule has 1 N–H and O–H groups in total. The van der Waals surface area contributed by atoms with Gasteiger partial charge in [-0.15, -0.1) is 10.2 Å². The van der Waals surface area contributed by atoms with Crippen molar-refractivity contribution in [3.8, 4) is 11.5 Å². The molecule has 24 heavy (non-hydrogen) atoms. The molecule has 1 aromatic heterocycles. The van der Waals surface area contributed by atoms with Crippen molar-refractivity contribution in [3.63, 3.8) is 0 Å². The van der Waals surface area contributed by atoms with Crippen molar-refractivity contribution in [1.29, 1.82) is 0 Å². The Morgan fingerprint density at radius 2 is 1.75 bits per heavy atom. The molecule has 1 amide bonds. The van der Waals surface area contributed by atoms with Crippen LogP contribution in [0.5, 0.6) is 0 Å². The summed E-state index contributed by atoms with van der Waals surface area (Å²) in [5.41, 5.74) is 0.565. The molecular weight excluding hydrogens is 309 g/mol. The Balaban J connectivity index is 1.56. The number of aromatic nitrogens is 2. The predicted molar refractivity (Wildman–Crippen MR) is 85.7 cm³/mol. The van der Waals surface area contributed by atoms with E-state index in [1.165, 1.54) is 24.3 Å². The van der Waals surface area contributed by atoms with Gasteiger partial charge in [0.25, 0.3) is 0 Å². The third-order valence-electron chi connectivity index (χ3n) is 4.14. The first-order valence-corrected chi connectivity index (χ1v) is 7.64. The van der Waals surface area contributed by atoms with Gasteiger partial charge in [-0.3, -0.25) is 4.79 Å². The van der Waals surface area contributed by atoms with E-state index in [1.807, 2.05) is 30.3 Å². The molecule has 2 aromatic carbocycles. The molecule has 1 aliphatic rings. The molecule has 0 radical (unpaired) electrons. The summed E-state index contributed by atoms with van der Waals surface area (Å²) in [5.74, 6) is 0.156. The number of carbonyl (C=O) groups excluding carboxylic acids is 1. The number of anilines is 1. The Morgan fingerprint density at radius 3 is 2.42 bits per heavy atom. The van der Waals surface area contributed by atoms with E-state index in [0.29, 0.717) is 30.3 Å². The van der Waals surface area contributed by atoms with Gasteiger partial charge in [0, 0.05) is 11.3 Å². The highest BCUT2D eigenvalue weighted by Gasteiger charge is 2.56. The second-order valence-electron chi connectivity index (χ2n) is 5.82. The van der Waals surface area contributed by atoms with Gasteiger partial charge in [-0.2, -0.15) is 0 Å². The lowest BCUT2D eigenvalue weighted by molar-refractivity contribution is -0.119. The highest BCUT2D eigenvalue weighted by molar-refractivity contribution is 6.00. The van der Waals surface area contributed by atoms with E-state index in [1.54, 1.807) is 0 Å². The zero-order valence-electron chi connectivity index (χ0n) is 12.7. The molecule has 0 unspecified atom stereocenters. The van der Waals surface area contributed by atoms with Gasteiger partial charge in [-0.05, 0) is 49.2 Å². The quantitative estimate of drug-likeness (QED) is 0.797. The third-order valence-corrected chi connectivity index (χ3v) is 4.14. The van der Waals surface area contributed by atoms with Gasteiger partial charge in [-0.1, -0.05) is 18.2 Å². The average Bonchev–Trinajstić information content (AvgIpc) is 3.28. The number of nitrogens with zero attached hydrogens (tertiary/aromatic N) is 2. The van der Waals surface area contributed by atoms with Crippen molar-refractivity contribution in [3.05, 3.63) is 66.3 Å². The van der Waals surface area contributed by atoms with E-state index in [0.717, 1.165) is 5.56 Å². The summed E-state index contributed by atoms with van der Waals surface area (Å²) in [6.07, 6.45) is 1.30. The Hall–Kier alpha value is -3.02. The SMILES string of the molecule is O=C(Nc1ccc(F)cc1)C1(c2nnc(-c3ccccc3)o2)CC1. The topological polar surface area (TPSA) is 68.0 Å². The van der Waals surface area contributed by atoms with Crippen molar-refractivity contribution in [1.82, 2.24) is 10.2 Å². The van der Waals surface area contributed by atoms with Crippen molar-refractivity contribution in [2.45, 2.75) is 18.3 Å². The van der Waals surface area contributed by atoms with Gasteiger partial charge in [0.15, 0.2) is 0 Å². The maximum absolute atomic E-state index is 13.0. The normalized spacial score (nSPS) is 15.0. The van der Waals surface area contributed by atoms with Crippen LogP contribution in [0.3, 0.4) is 0 Å². The number of amides is 1. The lowest BCUT2D eigenvalue weighted by Crippen LogP contribution is -2.28. The minimum atomic E-state index is -0.783. The summed E-state index contributed by atoms with van der Waals surface area (Å²) >= 11 is 0. The molecule has 0 aliphatic heterocycles. The van der Waals surface area contributed by atoms with Crippen LogP contribution in [0.25, 0.3) is 11.5 Å². The van der Waals surface area contributed by atoms with Crippen molar-refractivity contribution < 1.29 is 13.6 Å². The molecular formula is C18H14FN3O2. The minimum absolute atomic E-state index is 0.211. The molecule has 120 valence electrons. The van der Waals surface area contributed by atoms with Crippen LogP contribution < -0.4 is 5.32 Å². The highest BCUT2D eigenvalue weighted by atomic mass is 19.1. The van der Waals surface area contributed by atoms with E-state index >= 15 is 0 Å². The van der Waals surface area contributed by atoms with Crippen molar-refractivity contribution in [2.75, 3.05) is 5.32 Å². The second kappa shape index (κ2) is 5.56. The van der Waals surface area contributed by atoms with Crippen molar-refractivity contribution >= 4 is 11.6 Å². The molecule has 0 atom stereocenters. The van der Waals surface area contributed by atoms with Crippen LogP contribution in [-0.2, 0) is 10.2 Å². The number of hydrogen-bond donors (Lipinski definition) is 1. The number of rotatable bonds is 4. The smallest absolute Gasteiger partial charge is 0.247 e. The number of halogens is 1. The minimum Gasteiger partial charge on any atom is -0.420 e. The molecule has 0 spiro atoms. The first kappa shape index (κ1) is 14.6. The maximum Gasteiger partial charge on any atom is 0.247 e. The Kier molecular flexibility index (Phi) is 3.37. The summed E-state index contributed by atoms with van der Waals surface area (Å²) in [7, 11) is 0. The Bertz CT molecular complexity index is 871. The predicted octanol–water partition coefficient (Wildman–Crippen LogP) is 3.55. The summed E-state index contributed by atoms with van der Waals surface area (Å²) in [6.45, 7) is 0. The summed E-state index contributed by atoms with van der Waals surface area (Å²) < 4.78 is 18.7. The molecule has 5 nitrogen and oxygen atoms in total. The molecule has 1 heterocycles. The van der Waals surface area contributed by atoms with Crippen LogP contribution in [0.15, 0.2) is 59.0 Å². The second-order valence-corrected chi connectivity index (χ2v) is 5.82. The van der Waals surface area contributed by atoms with Crippen LogP contribution >= 0.6 is 0 Å². The fourth-order valence-corrected chi connectivity index (χ4v) is 2.56. The number of carbonyl (C=O) groups is 1. The monoisotopic (exact) mass is 323 g/mol. The zero-order chi connectivity index (χ0) is 16.6. The maximum atomic E-state index is 13.0. The first-order valence-electron chi connectivity index (χ1n) is 7.64. The van der Waals surface area contributed by atoms with Gasteiger partial charge in [0.1, 0.15) is 11.2 Å². The summed E-state index contributed by atoms with van der Waals surface area (Å²) in [5, 5.41) is 10.9. The number of nitrogens with one attached hydrogen (secondary N) is 1. The van der Waals surface area contributed by atoms with E-state index in [4.69, 9.17) is 4.42 Å². The van der Waals surface area contributed by atoms with Gasteiger partial charge in [-0.25, -0.2) is 4.39 Å². The first-order chi connectivity index (χ1) is 11.7. The standard InChI is InChI=1S/C18H14FN3O2/c19-13-6-8-14(9-7-13)20-16(23)18(10-11-18)17-22-21-15(24-17)12-4-2-1-3-5-12/h1-9H,10-11H2,(H,20,23). The third kappa shape index (κ3) is 2.56. The highest BCUT2D eigenvalue weighted by Crippen LogP contribution is 2.48. The van der Waals surface area contributed by atoms with Crippen molar-refractivity contribution in [2.24, 2.45) is 0 Å². The fourth-order valence-electron chi connectivity index (χ4n) is 2.56. The van der Waals surface area contributed by atoms with Crippen LogP contribution in [0.4, 0.5) is 10.1 Å².